The molecule has 146 valence electrons. The summed E-state index contributed by atoms with van der Waals surface area (Å²) in [5.41, 5.74) is 5.08. The highest BCUT2D eigenvalue weighted by Crippen LogP contribution is 2.52. The van der Waals surface area contributed by atoms with Crippen LogP contribution in [0.1, 0.15) is 62.1 Å². The summed E-state index contributed by atoms with van der Waals surface area (Å²) >= 11 is 0. The Bertz CT molecular complexity index is 1060. The third-order valence-corrected chi connectivity index (χ3v) is 7.00. The maximum absolute atomic E-state index is 5.51. The lowest BCUT2D eigenvalue weighted by molar-refractivity contribution is 0.0106. The SMILES string of the molecule is C=C(c1nc(C)no1)n1c2c(c3ccccc31)CCN1CCC[C@](C)(CC)[C@@H]21. The first kappa shape index (κ1) is 17.7. The van der Waals surface area contributed by atoms with Gasteiger partial charge in [0.2, 0.25) is 0 Å². The van der Waals surface area contributed by atoms with E-state index in [0.717, 1.165) is 18.7 Å². The molecular weight excluding hydrogens is 348 g/mol. The van der Waals surface area contributed by atoms with Crippen LogP contribution in [0.3, 0.4) is 0 Å². The third-order valence-electron chi connectivity index (χ3n) is 7.00. The molecule has 28 heavy (non-hydrogen) atoms. The fourth-order valence-electron chi connectivity index (χ4n) is 5.44. The van der Waals surface area contributed by atoms with Gasteiger partial charge in [0, 0.05) is 17.6 Å². The van der Waals surface area contributed by atoms with Crippen molar-refractivity contribution in [2.24, 2.45) is 5.41 Å². The second kappa shape index (κ2) is 6.31. The van der Waals surface area contributed by atoms with Gasteiger partial charge in [-0.15, -0.1) is 0 Å². The number of benzene rings is 1. The van der Waals surface area contributed by atoms with Gasteiger partial charge in [-0.05, 0) is 56.2 Å². The highest BCUT2D eigenvalue weighted by molar-refractivity contribution is 5.90. The van der Waals surface area contributed by atoms with Crippen molar-refractivity contribution >= 4 is 16.6 Å². The summed E-state index contributed by atoms with van der Waals surface area (Å²) in [6.45, 7) is 13.3. The number of aromatic nitrogens is 3. The molecule has 0 saturated carbocycles. The number of aryl methyl sites for hydroxylation is 1. The number of hydrogen-bond donors (Lipinski definition) is 0. The molecule has 3 aromatic rings. The average molecular weight is 377 g/mol. The molecule has 0 radical (unpaired) electrons. The summed E-state index contributed by atoms with van der Waals surface area (Å²) in [6.07, 6.45) is 4.79. The first-order valence-electron chi connectivity index (χ1n) is 10.4. The van der Waals surface area contributed by atoms with E-state index >= 15 is 0 Å². The molecule has 0 bridgehead atoms. The molecule has 5 heteroatoms. The van der Waals surface area contributed by atoms with Gasteiger partial charge < -0.3 is 9.09 Å². The molecule has 2 aromatic heterocycles. The van der Waals surface area contributed by atoms with Crippen molar-refractivity contribution in [3.05, 3.63) is 53.8 Å². The van der Waals surface area contributed by atoms with E-state index in [1.165, 1.54) is 48.0 Å². The molecular formula is C23H28N4O. The van der Waals surface area contributed by atoms with Crippen molar-refractivity contribution < 1.29 is 4.52 Å². The topological polar surface area (TPSA) is 47.1 Å². The normalized spacial score (nSPS) is 24.9. The van der Waals surface area contributed by atoms with Crippen LogP contribution in [-0.2, 0) is 6.42 Å². The van der Waals surface area contributed by atoms with Crippen LogP contribution < -0.4 is 0 Å². The molecule has 4 heterocycles. The Balaban J connectivity index is 1.79. The molecule has 0 N–H and O–H groups in total. The van der Waals surface area contributed by atoms with Crippen LogP contribution >= 0.6 is 0 Å². The Morgan fingerprint density at radius 2 is 2.14 bits per heavy atom. The highest BCUT2D eigenvalue weighted by atomic mass is 16.5. The first-order valence-corrected chi connectivity index (χ1v) is 10.4. The number of nitrogens with zero attached hydrogens (tertiary/aromatic N) is 4. The van der Waals surface area contributed by atoms with E-state index in [2.05, 4.69) is 64.3 Å². The first-order chi connectivity index (χ1) is 13.5. The Labute approximate surface area is 166 Å². The lowest BCUT2D eigenvalue weighted by atomic mass is 9.69. The lowest BCUT2D eigenvalue weighted by Crippen LogP contribution is -2.48. The molecule has 2 aliphatic rings. The Hall–Kier alpha value is -2.40. The van der Waals surface area contributed by atoms with Crippen molar-refractivity contribution in [1.82, 2.24) is 19.6 Å². The minimum Gasteiger partial charge on any atom is -0.332 e. The number of piperidine rings is 1. The van der Waals surface area contributed by atoms with Crippen LogP contribution in [0.25, 0.3) is 16.6 Å². The number of hydrogen-bond acceptors (Lipinski definition) is 4. The van der Waals surface area contributed by atoms with Crippen molar-refractivity contribution in [3.8, 4) is 0 Å². The van der Waals surface area contributed by atoms with Crippen LogP contribution in [0, 0.1) is 12.3 Å². The monoisotopic (exact) mass is 376 g/mol. The van der Waals surface area contributed by atoms with Gasteiger partial charge in [-0.2, -0.15) is 4.98 Å². The van der Waals surface area contributed by atoms with E-state index in [1.807, 2.05) is 6.92 Å². The molecule has 0 aliphatic carbocycles. The van der Waals surface area contributed by atoms with Crippen LogP contribution in [0.5, 0.6) is 0 Å². The van der Waals surface area contributed by atoms with Crippen LogP contribution in [0.15, 0.2) is 35.4 Å². The molecule has 2 aliphatic heterocycles. The summed E-state index contributed by atoms with van der Waals surface area (Å²) in [6, 6.07) is 9.08. The Kier molecular flexibility index (Phi) is 3.98. The van der Waals surface area contributed by atoms with E-state index in [-0.39, 0.29) is 5.41 Å². The van der Waals surface area contributed by atoms with Gasteiger partial charge in [-0.3, -0.25) is 4.90 Å². The van der Waals surface area contributed by atoms with Gasteiger partial charge >= 0.3 is 0 Å². The Morgan fingerprint density at radius 3 is 2.89 bits per heavy atom. The standard InChI is InChI=1S/C23H28N4O/c1-5-23(4)12-8-13-26-14-11-18-17-9-6-7-10-19(17)27(20(18)21(23)26)15(2)22-24-16(3)25-28-22/h6-7,9-10,21H,2,5,8,11-14H2,1,3-4H3/t21-,23+/m1/s1. The van der Waals surface area contributed by atoms with E-state index in [0.29, 0.717) is 17.8 Å². The zero-order chi connectivity index (χ0) is 19.5. The Morgan fingerprint density at radius 1 is 1.32 bits per heavy atom. The maximum atomic E-state index is 5.51. The molecule has 5 nitrogen and oxygen atoms in total. The van der Waals surface area contributed by atoms with Gasteiger partial charge in [0.25, 0.3) is 5.89 Å². The van der Waals surface area contributed by atoms with Crippen molar-refractivity contribution in [2.75, 3.05) is 13.1 Å². The van der Waals surface area contributed by atoms with E-state index in [9.17, 15) is 0 Å². The molecule has 5 rings (SSSR count). The summed E-state index contributed by atoms with van der Waals surface area (Å²) in [7, 11) is 0. The van der Waals surface area contributed by atoms with Gasteiger partial charge in [-0.1, -0.05) is 43.8 Å². The van der Waals surface area contributed by atoms with Crippen molar-refractivity contribution in [3.63, 3.8) is 0 Å². The molecule has 2 atom stereocenters. The van der Waals surface area contributed by atoms with Crippen LogP contribution in [0.4, 0.5) is 0 Å². The van der Waals surface area contributed by atoms with Gasteiger partial charge in [-0.25, -0.2) is 0 Å². The van der Waals surface area contributed by atoms with E-state index < -0.39 is 0 Å². The summed E-state index contributed by atoms with van der Waals surface area (Å²) < 4.78 is 7.82. The maximum Gasteiger partial charge on any atom is 0.274 e. The van der Waals surface area contributed by atoms with Gasteiger partial charge in [0.05, 0.1) is 11.6 Å². The second-order valence-corrected chi connectivity index (χ2v) is 8.61. The third kappa shape index (κ3) is 2.42. The molecule has 0 spiro atoms. The summed E-state index contributed by atoms with van der Waals surface area (Å²) in [5.74, 6) is 1.14. The van der Waals surface area contributed by atoms with E-state index in [1.54, 1.807) is 0 Å². The number of rotatable bonds is 3. The number of fused-ring (bicyclic) bond motifs is 5. The predicted molar refractivity (Wildman–Crippen MR) is 111 cm³/mol. The summed E-state index contributed by atoms with van der Waals surface area (Å²) in [5, 5.41) is 5.33. The van der Waals surface area contributed by atoms with Gasteiger partial charge in [0.15, 0.2) is 5.82 Å². The number of para-hydroxylation sites is 1. The highest BCUT2D eigenvalue weighted by Gasteiger charge is 2.46. The zero-order valence-corrected chi connectivity index (χ0v) is 17.0. The second-order valence-electron chi connectivity index (χ2n) is 8.61. The van der Waals surface area contributed by atoms with Crippen LogP contribution in [0.2, 0.25) is 0 Å². The molecule has 1 fully saturated rings. The molecule has 1 aromatic carbocycles. The fraction of sp³-hybridized carbons (Fsp3) is 0.478. The quantitative estimate of drug-likeness (QED) is 0.648. The minimum absolute atomic E-state index is 0.255. The largest absolute Gasteiger partial charge is 0.332 e. The van der Waals surface area contributed by atoms with Crippen molar-refractivity contribution in [1.29, 1.82) is 0 Å². The summed E-state index contributed by atoms with van der Waals surface area (Å²) in [4.78, 5) is 7.16. The smallest absolute Gasteiger partial charge is 0.274 e. The predicted octanol–water partition coefficient (Wildman–Crippen LogP) is 4.96. The molecule has 1 saturated heterocycles. The molecule has 0 unspecified atom stereocenters. The zero-order valence-electron chi connectivity index (χ0n) is 17.0. The molecule has 0 amide bonds. The van der Waals surface area contributed by atoms with Crippen molar-refractivity contribution in [2.45, 2.75) is 52.5 Å². The average Bonchev–Trinajstić information content (AvgIpc) is 3.29. The lowest BCUT2D eigenvalue weighted by Gasteiger charge is -2.51. The van der Waals surface area contributed by atoms with Crippen LogP contribution in [-0.4, -0.2) is 32.7 Å². The van der Waals surface area contributed by atoms with Gasteiger partial charge in [0.1, 0.15) is 5.70 Å². The minimum atomic E-state index is 0.255. The fourth-order valence-corrected chi connectivity index (χ4v) is 5.44. The van der Waals surface area contributed by atoms with E-state index in [4.69, 9.17) is 4.52 Å².